The van der Waals surface area contributed by atoms with E-state index in [9.17, 15) is 9.59 Å². The molecule has 210 valence electrons. The summed E-state index contributed by atoms with van der Waals surface area (Å²) >= 11 is 0. The van der Waals surface area contributed by atoms with E-state index in [4.69, 9.17) is 28.4 Å². The zero-order chi connectivity index (χ0) is 26.4. The molecule has 9 nitrogen and oxygen atoms in total. The lowest BCUT2D eigenvalue weighted by Crippen LogP contribution is -2.33. The highest BCUT2D eigenvalue weighted by atomic mass is 16.6. The number of imide groups is 1. The molecule has 0 spiro atoms. The Morgan fingerprint density at radius 3 is 1.35 bits per heavy atom. The lowest BCUT2D eigenvalue weighted by molar-refractivity contribution is -0.0173. The topological polar surface area (TPSA) is 92.8 Å². The maximum atomic E-state index is 12.3. The van der Waals surface area contributed by atoms with Gasteiger partial charge in [-0.15, -0.1) is 0 Å². The summed E-state index contributed by atoms with van der Waals surface area (Å²) in [6.07, 6.45) is 7.64. The monoisotopic (exact) mass is 523 g/mol. The minimum absolute atomic E-state index is 0.230. The number of carbonyl (C=O) groups is 2. The maximum absolute atomic E-state index is 12.3. The molecular weight excluding hydrogens is 478 g/mol. The molecule has 0 N–H and O–H groups in total. The van der Waals surface area contributed by atoms with Gasteiger partial charge in [-0.05, 0) is 18.6 Å². The first kappa shape index (κ1) is 31.3. The molecule has 0 saturated heterocycles. The predicted molar refractivity (Wildman–Crippen MR) is 140 cm³/mol. The Morgan fingerprint density at radius 1 is 0.514 bits per heavy atom. The van der Waals surface area contributed by atoms with Gasteiger partial charge in [0.05, 0.1) is 90.3 Å². The van der Waals surface area contributed by atoms with Crippen molar-refractivity contribution in [2.45, 2.75) is 45.4 Å². The average Bonchev–Trinajstić information content (AvgIpc) is 3.16. The van der Waals surface area contributed by atoms with Crippen LogP contribution in [0.2, 0.25) is 0 Å². The fourth-order valence-corrected chi connectivity index (χ4v) is 3.78. The number of hydrogen-bond donors (Lipinski definition) is 0. The summed E-state index contributed by atoms with van der Waals surface area (Å²) < 4.78 is 32.9. The van der Waals surface area contributed by atoms with Crippen molar-refractivity contribution in [3.05, 3.63) is 35.4 Å². The van der Waals surface area contributed by atoms with Gasteiger partial charge in [-0.25, -0.2) is 0 Å². The molecule has 2 rings (SSSR count). The van der Waals surface area contributed by atoms with Gasteiger partial charge in [-0.1, -0.05) is 51.2 Å². The van der Waals surface area contributed by atoms with Crippen LogP contribution in [0.15, 0.2) is 24.3 Å². The van der Waals surface area contributed by atoms with Gasteiger partial charge in [0.2, 0.25) is 0 Å². The van der Waals surface area contributed by atoms with E-state index in [1.165, 1.54) is 37.0 Å². The summed E-state index contributed by atoms with van der Waals surface area (Å²) in [6, 6.07) is 6.85. The Kier molecular flexibility index (Phi) is 17.9. The molecule has 37 heavy (non-hydrogen) atoms. The van der Waals surface area contributed by atoms with Crippen molar-refractivity contribution >= 4 is 11.8 Å². The van der Waals surface area contributed by atoms with Crippen LogP contribution < -0.4 is 0 Å². The number of amides is 2. The smallest absolute Gasteiger partial charge is 0.261 e. The van der Waals surface area contributed by atoms with Crippen molar-refractivity contribution in [3.63, 3.8) is 0 Å². The zero-order valence-electron chi connectivity index (χ0n) is 22.5. The molecule has 0 radical (unpaired) electrons. The van der Waals surface area contributed by atoms with Gasteiger partial charge in [-0.3, -0.25) is 14.5 Å². The van der Waals surface area contributed by atoms with Crippen molar-refractivity contribution in [3.8, 4) is 0 Å². The van der Waals surface area contributed by atoms with E-state index in [0.29, 0.717) is 77.2 Å². The normalized spacial score (nSPS) is 13.1. The predicted octanol–water partition coefficient (Wildman–Crippen LogP) is 3.74. The average molecular weight is 524 g/mol. The fourth-order valence-electron chi connectivity index (χ4n) is 3.78. The van der Waals surface area contributed by atoms with Crippen molar-refractivity contribution in [1.29, 1.82) is 0 Å². The summed E-state index contributed by atoms with van der Waals surface area (Å²) in [5, 5.41) is 0. The number of nitrogens with zero attached hydrogens (tertiary/aromatic N) is 1. The maximum Gasteiger partial charge on any atom is 0.261 e. The Hall–Kier alpha value is -1.88. The van der Waals surface area contributed by atoms with E-state index in [2.05, 4.69) is 6.92 Å². The van der Waals surface area contributed by atoms with E-state index in [1.54, 1.807) is 24.3 Å². The van der Waals surface area contributed by atoms with Crippen LogP contribution in [0.25, 0.3) is 0 Å². The second kappa shape index (κ2) is 21.1. The highest BCUT2D eigenvalue weighted by molar-refractivity contribution is 6.21. The number of hydrogen-bond acceptors (Lipinski definition) is 8. The van der Waals surface area contributed by atoms with E-state index < -0.39 is 0 Å². The summed E-state index contributed by atoms with van der Waals surface area (Å²) in [5.74, 6) is -0.532. The first-order chi connectivity index (χ1) is 18.3. The quantitative estimate of drug-likeness (QED) is 0.141. The number of carbonyl (C=O) groups excluding carboxylic acids is 2. The van der Waals surface area contributed by atoms with Crippen LogP contribution in [0.5, 0.6) is 0 Å². The molecule has 0 saturated carbocycles. The first-order valence-corrected chi connectivity index (χ1v) is 13.7. The summed E-state index contributed by atoms with van der Waals surface area (Å²) in [5.41, 5.74) is 0.906. The number of benzene rings is 1. The molecule has 1 aromatic rings. The van der Waals surface area contributed by atoms with Crippen molar-refractivity contribution in [2.75, 3.05) is 85.8 Å². The second-order valence-electron chi connectivity index (χ2n) is 8.75. The Balaban J connectivity index is 1.25. The van der Waals surface area contributed by atoms with Crippen LogP contribution in [0.3, 0.4) is 0 Å². The van der Waals surface area contributed by atoms with E-state index in [-0.39, 0.29) is 25.0 Å². The SMILES string of the molecule is CCCCCCCCOCCOCCOCCOCCOCCOCCN1C(=O)c2ccccc2C1=O. The van der Waals surface area contributed by atoms with Crippen molar-refractivity contribution in [1.82, 2.24) is 4.90 Å². The summed E-state index contributed by atoms with van der Waals surface area (Å²) in [6.45, 7) is 8.63. The summed E-state index contributed by atoms with van der Waals surface area (Å²) in [7, 11) is 0. The molecule has 0 unspecified atom stereocenters. The second-order valence-corrected chi connectivity index (χ2v) is 8.75. The molecular formula is C28H45NO8. The van der Waals surface area contributed by atoms with Gasteiger partial charge in [0, 0.05) is 6.61 Å². The third-order valence-corrected chi connectivity index (χ3v) is 5.84. The van der Waals surface area contributed by atoms with Crippen LogP contribution in [0, 0.1) is 0 Å². The van der Waals surface area contributed by atoms with Crippen molar-refractivity contribution in [2.24, 2.45) is 0 Å². The van der Waals surface area contributed by atoms with Crippen molar-refractivity contribution < 1.29 is 38.0 Å². The van der Waals surface area contributed by atoms with Crippen LogP contribution in [-0.4, -0.2) is 103 Å². The standard InChI is InChI=1S/C28H45NO8/c1-2-3-4-5-6-9-13-32-15-17-34-19-21-36-23-24-37-22-20-35-18-16-33-14-12-29-27(30)25-10-7-8-11-26(25)28(29)31/h7-8,10-11H,2-6,9,12-24H2,1H3. The van der Waals surface area contributed by atoms with Crippen LogP contribution in [0.1, 0.15) is 66.2 Å². The zero-order valence-corrected chi connectivity index (χ0v) is 22.5. The number of fused-ring (bicyclic) bond motifs is 1. The van der Waals surface area contributed by atoms with Crippen LogP contribution >= 0.6 is 0 Å². The van der Waals surface area contributed by atoms with Gasteiger partial charge in [0.25, 0.3) is 11.8 Å². The Labute approximate surface area is 221 Å². The highest BCUT2D eigenvalue weighted by Gasteiger charge is 2.34. The number of ether oxygens (including phenoxy) is 6. The van der Waals surface area contributed by atoms with E-state index in [1.807, 2.05) is 0 Å². The Morgan fingerprint density at radius 2 is 0.892 bits per heavy atom. The molecule has 0 bridgehead atoms. The lowest BCUT2D eigenvalue weighted by Gasteiger charge is -2.13. The minimum atomic E-state index is -0.266. The van der Waals surface area contributed by atoms with Crippen LogP contribution in [0.4, 0.5) is 0 Å². The van der Waals surface area contributed by atoms with E-state index >= 15 is 0 Å². The molecule has 1 heterocycles. The molecule has 1 aromatic carbocycles. The molecule has 9 heteroatoms. The van der Waals surface area contributed by atoms with Gasteiger partial charge in [-0.2, -0.15) is 0 Å². The molecule has 0 aliphatic carbocycles. The number of rotatable bonds is 25. The van der Waals surface area contributed by atoms with Gasteiger partial charge in [0.1, 0.15) is 0 Å². The molecule has 1 aliphatic heterocycles. The van der Waals surface area contributed by atoms with Gasteiger partial charge >= 0.3 is 0 Å². The first-order valence-electron chi connectivity index (χ1n) is 13.7. The third kappa shape index (κ3) is 13.5. The van der Waals surface area contributed by atoms with Crippen LogP contribution in [-0.2, 0) is 28.4 Å². The molecule has 0 atom stereocenters. The molecule has 1 aliphatic rings. The number of unbranched alkanes of at least 4 members (excludes halogenated alkanes) is 5. The summed E-state index contributed by atoms with van der Waals surface area (Å²) in [4.78, 5) is 25.7. The Bertz CT molecular complexity index is 710. The van der Waals surface area contributed by atoms with Gasteiger partial charge < -0.3 is 28.4 Å². The molecule has 0 fully saturated rings. The van der Waals surface area contributed by atoms with E-state index in [0.717, 1.165) is 13.0 Å². The molecule has 2 amide bonds. The molecule has 0 aromatic heterocycles. The largest absolute Gasteiger partial charge is 0.379 e. The third-order valence-electron chi connectivity index (χ3n) is 5.84. The minimum Gasteiger partial charge on any atom is -0.379 e. The lowest BCUT2D eigenvalue weighted by atomic mass is 10.1. The highest BCUT2D eigenvalue weighted by Crippen LogP contribution is 2.21. The van der Waals surface area contributed by atoms with Gasteiger partial charge in [0.15, 0.2) is 0 Å². The fraction of sp³-hybridized carbons (Fsp3) is 0.714.